The predicted octanol–water partition coefficient (Wildman–Crippen LogP) is 1.62. The number of nitrogens with one attached hydrogen (secondary N) is 1. The largest absolute Gasteiger partial charge is 0.494 e. The molecule has 78 valence electrons. The third-order valence-electron chi connectivity index (χ3n) is 1.73. The van der Waals surface area contributed by atoms with Gasteiger partial charge in [0.25, 0.3) is 0 Å². The summed E-state index contributed by atoms with van der Waals surface area (Å²) in [6.07, 6.45) is 0. The maximum Gasteiger partial charge on any atom is 0.165 e. The maximum absolute atomic E-state index is 13.2. The van der Waals surface area contributed by atoms with Gasteiger partial charge in [-0.1, -0.05) is 0 Å². The van der Waals surface area contributed by atoms with Gasteiger partial charge in [-0.15, -0.1) is 0 Å². The summed E-state index contributed by atoms with van der Waals surface area (Å²) in [4.78, 5) is 4.53. The first-order valence-electron chi connectivity index (χ1n) is 3.96. The summed E-state index contributed by atoms with van der Waals surface area (Å²) < 4.78 is 30.9. The average Bonchev–Trinajstić information content (AvgIpc) is 2.18. The monoisotopic (exact) mass is 203 g/mol. The van der Waals surface area contributed by atoms with Crippen LogP contribution < -0.4 is 10.2 Å². The highest BCUT2D eigenvalue weighted by molar-refractivity contribution is 5.30. The van der Waals surface area contributed by atoms with E-state index in [2.05, 4.69) is 15.1 Å². The van der Waals surface area contributed by atoms with Crippen molar-refractivity contribution in [3.63, 3.8) is 0 Å². The van der Waals surface area contributed by atoms with Crippen LogP contribution in [0.5, 0.6) is 5.75 Å². The van der Waals surface area contributed by atoms with Crippen molar-refractivity contribution in [1.82, 2.24) is 5.48 Å². The van der Waals surface area contributed by atoms with Gasteiger partial charge in [0.05, 0.1) is 14.2 Å². The van der Waals surface area contributed by atoms with Crippen LogP contribution in [-0.4, -0.2) is 14.2 Å². The van der Waals surface area contributed by atoms with Crippen LogP contribution in [0.3, 0.4) is 0 Å². The van der Waals surface area contributed by atoms with Crippen molar-refractivity contribution in [2.24, 2.45) is 0 Å². The Balaban J connectivity index is 2.90. The standard InChI is InChI=1S/C9H11F2NO2/c1-13-9-4-7(10)6(3-8(9)11)5-12-14-2/h3-4,12H,5H2,1-2H3. The number of halogens is 2. The highest BCUT2D eigenvalue weighted by atomic mass is 19.1. The molecule has 0 amide bonds. The number of methoxy groups -OCH3 is 1. The molecule has 0 aliphatic carbocycles. The second-order valence-electron chi connectivity index (χ2n) is 2.60. The lowest BCUT2D eigenvalue weighted by atomic mass is 10.2. The minimum absolute atomic E-state index is 0.100. The fourth-order valence-electron chi connectivity index (χ4n) is 1.01. The quantitative estimate of drug-likeness (QED) is 0.754. The molecule has 0 spiro atoms. The molecular formula is C9H11F2NO2. The van der Waals surface area contributed by atoms with E-state index in [9.17, 15) is 8.78 Å². The minimum atomic E-state index is -0.596. The fraction of sp³-hybridized carbons (Fsp3) is 0.333. The second kappa shape index (κ2) is 4.88. The molecule has 1 aromatic rings. The number of hydrogen-bond donors (Lipinski definition) is 1. The smallest absolute Gasteiger partial charge is 0.165 e. The summed E-state index contributed by atoms with van der Waals surface area (Å²) in [5, 5.41) is 0. The Kier molecular flexibility index (Phi) is 3.79. The Hall–Kier alpha value is -1.20. The molecule has 1 rings (SSSR count). The SMILES string of the molecule is CONCc1cc(F)c(OC)cc1F. The van der Waals surface area contributed by atoms with Crippen molar-refractivity contribution in [2.75, 3.05) is 14.2 Å². The summed E-state index contributed by atoms with van der Waals surface area (Å²) >= 11 is 0. The van der Waals surface area contributed by atoms with Crippen molar-refractivity contribution in [1.29, 1.82) is 0 Å². The molecule has 0 aromatic heterocycles. The molecule has 0 unspecified atom stereocenters. The number of hydrogen-bond acceptors (Lipinski definition) is 3. The number of hydroxylamine groups is 1. The third-order valence-corrected chi connectivity index (χ3v) is 1.73. The zero-order valence-corrected chi connectivity index (χ0v) is 7.93. The number of rotatable bonds is 4. The first-order valence-corrected chi connectivity index (χ1v) is 3.96. The Morgan fingerprint density at radius 3 is 2.50 bits per heavy atom. The van der Waals surface area contributed by atoms with Crippen LogP contribution in [-0.2, 0) is 11.4 Å². The van der Waals surface area contributed by atoms with E-state index in [1.807, 2.05) is 0 Å². The highest BCUT2D eigenvalue weighted by Crippen LogP contribution is 2.20. The molecule has 0 saturated heterocycles. The van der Waals surface area contributed by atoms with Crippen LogP contribution in [0.4, 0.5) is 8.78 Å². The number of benzene rings is 1. The molecule has 0 bridgehead atoms. The van der Waals surface area contributed by atoms with Crippen molar-refractivity contribution in [3.05, 3.63) is 29.3 Å². The highest BCUT2D eigenvalue weighted by Gasteiger charge is 2.09. The molecule has 0 aliphatic heterocycles. The molecule has 0 heterocycles. The van der Waals surface area contributed by atoms with Crippen LogP contribution in [0.25, 0.3) is 0 Å². The Bertz CT molecular complexity index is 318. The normalized spacial score (nSPS) is 10.3. The van der Waals surface area contributed by atoms with Gasteiger partial charge in [0, 0.05) is 18.2 Å². The van der Waals surface area contributed by atoms with Crippen LogP contribution in [0.15, 0.2) is 12.1 Å². The predicted molar refractivity (Wildman–Crippen MR) is 46.8 cm³/mol. The van der Waals surface area contributed by atoms with E-state index >= 15 is 0 Å². The zero-order chi connectivity index (χ0) is 10.6. The van der Waals surface area contributed by atoms with Gasteiger partial charge in [0.2, 0.25) is 0 Å². The van der Waals surface area contributed by atoms with Crippen molar-refractivity contribution in [2.45, 2.75) is 6.54 Å². The molecule has 0 atom stereocenters. The summed E-state index contributed by atoms with van der Waals surface area (Å²) in [5.74, 6) is -1.24. The van der Waals surface area contributed by atoms with Gasteiger partial charge >= 0.3 is 0 Å². The summed E-state index contributed by atoms with van der Waals surface area (Å²) in [6.45, 7) is 0.100. The lowest BCUT2D eigenvalue weighted by Gasteiger charge is -2.07. The van der Waals surface area contributed by atoms with Gasteiger partial charge in [-0.2, -0.15) is 5.48 Å². The first-order chi connectivity index (χ1) is 6.69. The summed E-state index contributed by atoms with van der Waals surface area (Å²) in [6, 6.07) is 2.07. The Morgan fingerprint density at radius 2 is 1.93 bits per heavy atom. The minimum Gasteiger partial charge on any atom is -0.494 e. The lowest BCUT2D eigenvalue weighted by Crippen LogP contribution is -2.12. The van der Waals surface area contributed by atoms with Crippen LogP contribution in [0, 0.1) is 11.6 Å². The van der Waals surface area contributed by atoms with E-state index in [4.69, 9.17) is 0 Å². The van der Waals surface area contributed by atoms with Gasteiger partial charge in [-0.3, -0.25) is 0 Å². The van der Waals surface area contributed by atoms with Crippen LogP contribution in [0.2, 0.25) is 0 Å². The van der Waals surface area contributed by atoms with Crippen molar-refractivity contribution >= 4 is 0 Å². The van der Waals surface area contributed by atoms with Gasteiger partial charge in [0.1, 0.15) is 5.82 Å². The zero-order valence-electron chi connectivity index (χ0n) is 7.93. The van der Waals surface area contributed by atoms with Gasteiger partial charge < -0.3 is 9.57 Å². The van der Waals surface area contributed by atoms with Crippen molar-refractivity contribution in [3.8, 4) is 5.75 Å². The van der Waals surface area contributed by atoms with E-state index in [1.54, 1.807) is 0 Å². The molecule has 5 heteroatoms. The van der Waals surface area contributed by atoms with Crippen LogP contribution >= 0.6 is 0 Å². The van der Waals surface area contributed by atoms with Gasteiger partial charge in [-0.25, -0.2) is 8.78 Å². The summed E-state index contributed by atoms with van der Waals surface area (Å²) in [7, 11) is 2.68. The molecule has 3 nitrogen and oxygen atoms in total. The summed E-state index contributed by atoms with van der Waals surface area (Å²) in [5.41, 5.74) is 2.61. The van der Waals surface area contributed by atoms with Gasteiger partial charge in [0.15, 0.2) is 11.6 Å². The molecule has 0 aliphatic rings. The van der Waals surface area contributed by atoms with E-state index < -0.39 is 11.6 Å². The Morgan fingerprint density at radius 1 is 1.21 bits per heavy atom. The van der Waals surface area contributed by atoms with Crippen LogP contribution in [0.1, 0.15) is 5.56 Å². The molecule has 0 saturated carbocycles. The van der Waals surface area contributed by atoms with E-state index in [1.165, 1.54) is 14.2 Å². The van der Waals surface area contributed by atoms with E-state index in [0.717, 1.165) is 12.1 Å². The Labute approximate surface area is 80.6 Å². The second-order valence-corrected chi connectivity index (χ2v) is 2.60. The van der Waals surface area contributed by atoms with Crippen molar-refractivity contribution < 1.29 is 18.4 Å². The van der Waals surface area contributed by atoms with E-state index in [0.29, 0.717) is 0 Å². The molecule has 14 heavy (non-hydrogen) atoms. The van der Waals surface area contributed by atoms with Gasteiger partial charge in [-0.05, 0) is 6.07 Å². The average molecular weight is 203 g/mol. The molecule has 1 aromatic carbocycles. The molecule has 1 N–H and O–H groups in total. The first kappa shape index (κ1) is 10.9. The molecular weight excluding hydrogens is 192 g/mol. The molecule has 0 radical (unpaired) electrons. The molecule has 0 fully saturated rings. The third kappa shape index (κ3) is 2.40. The fourth-order valence-corrected chi connectivity index (χ4v) is 1.01. The van der Waals surface area contributed by atoms with E-state index in [-0.39, 0.29) is 17.9 Å². The topological polar surface area (TPSA) is 30.5 Å². The number of ether oxygens (including phenoxy) is 1. The maximum atomic E-state index is 13.2. The lowest BCUT2D eigenvalue weighted by molar-refractivity contribution is 0.0858.